The number of nitrogens with one attached hydrogen (secondary N) is 1. The van der Waals surface area contributed by atoms with Gasteiger partial charge < -0.3 is 15.0 Å². The van der Waals surface area contributed by atoms with Gasteiger partial charge in [0.05, 0.1) is 17.7 Å². The number of carbonyl (C=O) groups excluding carboxylic acids is 2. The van der Waals surface area contributed by atoms with Crippen LogP contribution in [-0.4, -0.2) is 50.9 Å². The standard InChI is InChI=1S/C37H38Cl2FN3O5S/c1-48-32-18-20-33(21-19-32)49(46,47)43(31-16-14-29(40)15-17-31)25-36(44)42(24-27-12-13-28(38)23-34(27)39)35(22-26-8-4-2-5-9-26)37(45)41-30-10-6-3-7-11-30/h2,4-5,8-9,12-21,23,30,35H,3,6-7,10-11,22,24-25H2,1H3,(H,41,45)/t35-/m1/s1. The molecule has 0 unspecified atom stereocenters. The highest BCUT2D eigenvalue weighted by Gasteiger charge is 2.35. The molecule has 0 bridgehead atoms. The molecule has 8 nitrogen and oxygen atoms in total. The Hall–Kier alpha value is -4.12. The predicted octanol–water partition coefficient (Wildman–Crippen LogP) is 7.43. The first-order valence-electron chi connectivity index (χ1n) is 16.0. The molecule has 1 fully saturated rings. The van der Waals surface area contributed by atoms with E-state index in [0.717, 1.165) is 54.1 Å². The first-order valence-corrected chi connectivity index (χ1v) is 18.2. The molecular formula is C37H38Cl2FN3O5S. The van der Waals surface area contributed by atoms with E-state index in [2.05, 4.69) is 5.32 Å². The molecule has 0 spiro atoms. The molecule has 4 aromatic carbocycles. The van der Waals surface area contributed by atoms with Crippen LogP contribution in [0, 0.1) is 5.82 Å². The van der Waals surface area contributed by atoms with Gasteiger partial charge in [0.15, 0.2) is 0 Å². The van der Waals surface area contributed by atoms with E-state index in [-0.39, 0.29) is 40.5 Å². The Labute approximate surface area is 296 Å². The lowest BCUT2D eigenvalue weighted by Gasteiger charge is -2.35. The summed E-state index contributed by atoms with van der Waals surface area (Å²) >= 11 is 12.8. The lowest BCUT2D eigenvalue weighted by atomic mass is 9.94. The van der Waals surface area contributed by atoms with Gasteiger partial charge in [-0.2, -0.15) is 0 Å². The minimum Gasteiger partial charge on any atom is -0.497 e. The summed E-state index contributed by atoms with van der Waals surface area (Å²) in [5.41, 5.74) is 1.41. The molecule has 258 valence electrons. The summed E-state index contributed by atoms with van der Waals surface area (Å²) in [5, 5.41) is 3.86. The highest BCUT2D eigenvalue weighted by molar-refractivity contribution is 7.92. The number of hydrogen-bond donors (Lipinski definition) is 1. The SMILES string of the molecule is COc1ccc(S(=O)(=O)N(CC(=O)N(Cc2ccc(Cl)cc2Cl)[C@H](Cc2ccccc2)C(=O)NC2CCCCC2)c2ccc(F)cc2)cc1. The van der Waals surface area contributed by atoms with Crippen molar-refractivity contribution in [2.45, 2.75) is 62.0 Å². The first kappa shape index (κ1) is 36.2. The third-order valence-corrected chi connectivity index (χ3v) is 11.0. The van der Waals surface area contributed by atoms with Crippen molar-refractivity contribution in [1.29, 1.82) is 0 Å². The maximum Gasteiger partial charge on any atom is 0.264 e. The Kier molecular flexibility index (Phi) is 12.2. The average Bonchev–Trinajstić information content (AvgIpc) is 3.10. The Morgan fingerprint density at radius 1 is 0.918 bits per heavy atom. The number of methoxy groups -OCH3 is 1. The summed E-state index contributed by atoms with van der Waals surface area (Å²) in [4.78, 5) is 30.2. The summed E-state index contributed by atoms with van der Waals surface area (Å²) in [6, 6.07) is 23.7. The summed E-state index contributed by atoms with van der Waals surface area (Å²) < 4.78 is 48.5. The van der Waals surface area contributed by atoms with Crippen molar-refractivity contribution in [2.24, 2.45) is 0 Å². The van der Waals surface area contributed by atoms with Crippen LogP contribution in [0.25, 0.3) is 0 Å². The van der Waals surface area contributed by atoms with E-state index in [1.54, 1.807) is 18.2 Å². The number of carbonyl (C=O) groups is 2. The molecular weight excluding hydrogens is 688 g/mol. The van der Waals surface area contributed by atoms with Crippen LogP contribution < -0.4 is 14.4 Å². The third-order valence-electron chi connectivity index (χ3n) is 8.62. The number of rotatable bonds is 13. The monoisotopic (exact) mass is 725 g/mol. The zero-order chi connectivity index (χ0) is 35.0. The third kappa shape index (κ3) is 9.32. The molecule has 0 aliphatic heterocycles. The van der Waals surface area contributed by atoms with Crippen LogP contribution in [0.2, 0.25) is 10.0 Å². The number of halogens is 3. The number of nitrogens with zero attached hydrogens (tertiary/aromatic N) is 2. The molecule has 1 aliphatic carbocycles. The number of anilines is 1. The fraction of sp³-hybridized carbons (Fsp3) is 0.297. The normalized spacial score (nSPS) is 14.1. The van der Waals surface area contributed by atoms with Crippen LogP contribution in [-0.2, 0) is 32.6 Å². The second-order valence-electron chi connectivity index (χ2n) is 12.0. The Morgan fingerprint density at radius 2 is 1.59 bits per heavy atom. The topological polar surface area (TPSA) is 96.0 Å². The summed E-state index contributed by atoms with van der Waals surface area (Å²) in [6.45, 7) is -0.794. The molecule has 0 heterocycles. The van der Waals surface area contributed by atoms with Crippen LogP contribution in [0.15, 0.2) is 102 Å². The van der Waals surface area contributed by atoms with E-state index >= 15 is 0 Å². The summed E-state index contributed by atoms with van der Waals surface area (Å²) in [6.07, 6.45) is 4.91. The molecule has 0 saturated heterocycles. The zero-order valence-corrected chi connectivity index (χ0v) is 29.4. The molecule has 4 aromatic rings. The van der Waals surface area contributed by atoms with E-state index in [1.807, 2.05) is 30.3 Å². The molecule has 49 heavy (non-hydrogen) atoms. The van der Waals surface area contributed by atoms with Crippen molar-refractivity contribution in [1.82, 2.24) is 10.2 Å². The van der Waals surface area contributed by atoms with Crippen molar-refractivity contribution >= 4 is 50.7 Å². The highest BCUT2D eigenvalue weighted by atomic mass is 35.5. The van der Waals surface area contributed by atoms with Gasteiger partial charge in [-0.15, -0.1) is 0 Å². The molecule has 2 amide bonds. The second kappa shape index (κ2) is 16.5. The maximum atomic E-state index is 14.7. The van der Waals surface area contributed by atoms with Crippen LogP contribution in [0.4, 0.5) is 10.1 Å². The lowest BCUT2D eigenvalue weighted by Crippen LogP contribution is -2.55. The minimum absolute atomic E-state index is 0.0400. The first-order chi connectivity index (χ1) is 23.5. The van der Waals surface area contributed by atoms with E-state index in [4.69, 9.17) is 27.9 Å². The van der Waals surface area contributed by atoms with Crippen LogP contribution in [0.3, 0.4) is 0 Å². The summed E-state index contributed by atoms with van der Waals surface area (Å²) in [7, 11) is -2.91. The second-order valence-corrected chi connectivity index (χ2v) is 14.7. The van der Waals surface area contributed by atoms with E-state index in [9.17, 15) is 22.4 Å². The smallest absolute Gasteiger partial charge is 0.264 e. The van der Waals surface area contributed by atoms with Gasteiger partial charge in [0.25, 0.3) is 10.0 Å². The Balaban J connectivity index is 1.57. The van der Waals surface area contributed by atoms with E-state index in [1.165, 1.54) is 48.4 Å². The molecule has 5 rings (SSSR count). The maximum absolute atomic E-state index is 14.7. The fourth-order valence-corrected chi connectivity index (χ4v) is 7.83. The molecule has 1 aliphatic rings. The fourth-order valence-electron chi connectivity index (χ4n) is 5.94. The quantitative estimate of drug-likeness (QED) is 0.155. The van der Waals surface area contributed by atoms with Gasteiger partial charge >= 0.3 is 0 Å². The van der Waals surface area contributed by atoms with Gasteiger partial charge in [0.1, 0.15) is 24.2 Å². The van der Waals surface area contributed by atoms with Crippen molar-refractivity contribution in [3.05, 3.63) is 124 Å². The van der Waals surface area contributed by atoms with Gasteiger partial charge in [-0.1, -0.05) is 78.9 Å². The Morgan fingerprint density at radius 3 is 2.22 bits per heavy atom. The lowest BCUT2D eigenvalue weighted by molar-refractivity contribution is -0.140. The molecule has 0 radical (unpaired) electrons. The highest BCUT2D eigenvalue weighted by Crippen LogP contribution is 2.28. The van der Waals surface area contributed by atoms with Crippen molar-refractivity contribution in [2.75, 3.05) is 18.0 Å². The van der Waals surface area contributed by atoms with Gasteiger partial charge in [0.2, 0.25) is 11.8 Å². The van der Waals surface area contributed by atoms with Crippen LogP contribution in [0.5, 0.6) is 5.75 Å². The molecule has 1 N–H and O–H groups in total. The van der Waals surface area contributed by atoms with Gasteiger partial charge in [-0.25, -0.2) is 12.8 Å². The number of amides is 2. The molecule has 1 saturated carbocycles. The van der Waals surface area contributed by atoms with Crippen molar-refractivity contribution in [3.63, 3.8) is 0 Å². The van der Waals surface area contributed by atoms with Crippen molar-refractivity contribution < 1.29 is 27.1 Å². The zero-order valence-electron chi connectivity index (χ0n) is 27.0. The molecule has 0 aromatic heterocycles. The van der Waals surface area contributed by atoms with Gasteiger partial charge in [-0.3, -0.25) is 13.9 Å². The van der Waals surface area contributed by atoms with Gasteiger partial charge in [0, 0.05) is 29.1 Å². The van der Waals surface area contributed by atoms with E-state index < -0.39 is 34.3 Å². The van der Waals surface area contributed by atoms with Crippen LogP contribution >= 0.6 is 23.2 Å². The number of hydrogen-bond acceptors (Lipinski definition) is 5. The Bertz CT molecular complexity index is 1840. The van der Waals surface area contributed by atoms with Crippen LogP contribution in [0.1, 0.15) is 43.2 Å². The number of ether oxygens (including phenoxy) is 1. The van der Waals surface area contributed by atoms with Gasteiger partial charge in [-0.05, 0) is 84.6 Å². The minimum atomic E-state index is -4.37. The summed E-state index contributed by atoms with van der Waals surface area (Å²) in [5.74, 6) is -1.13. The average molecular weight is 727 g/mol. The van der Waals surface area contributed by atoms with Crippen molar-refractivity contribution in [3.8, 4) is 5.75 Å². The largest absolute Gasteiger partial charge is 0.497 e. The van der Waals surface area contributed by atoms with E-state index in [0.29, 0.717) is 16.3 Å². The predicted molar refractivity (Wildman–Crippen MR) is 190 cm³/mol. The molecule has 12 heteroatoms. The number of sulfonamides is 1. The number of benzene rings is 4. The molecule has 1 atom stereocenters.